The molecular weight excluding hydrogens is 314 g/mol. The largest absolute Gasteiger partial charge is 0.494 e. The molecule has 5 nitrogen and oxygen atoms in total. The van der Waals surface area contributed by atoms with Crippen molar-refractivity contribution in [3.05, 3.63) is 59.7 Å². The normalized spacial score (nSPS) is 10.3. The lowest BCUT2D eigenvalue weighted by Gasteiger charge is -2.08. The minimum atomic E-state index is 0.0640. The highest BCUT2D eigenvalue weighted by atomic mass is 16.5. The standard InChI is InChI=1S/C20H25N3O2/c1-15(21)16-5-9-18(10-6-16)24-13-3-2-4-14-25-19-11-7-17(8-12-19)20(22)23/h5-12,21H,2-4,13-14H2,1H3,(H3,22,23). The van der Waals surface area contributed by atoms with E-state index in [0.29, 0.717) is 24.5 Å². The fraction of sp³-hybridized carbons (Fsp3) is 0.300. The summed E-state index contributed by atoms with van der Waals surface area (Å²) < 4.78 is 11.4. The molecule has 0 amide bonds. The molecule has 0 aliphatic carbocycles. The van der Waals surface area contributed by atoms with Gasteiger partial charge in [0.25, 0.3) is 0 Å². The summed E-state index contributed by atoms with van der Waals surface area (Å²) in [5, 5.41) is 14.9. The van der Waals surface area contributed by atoms with Gasteiger partial charge in [0.1, 0.15) is 17.3 Å². The second-order valence-corrected chi connectivity index (χ2v) is 5.85. The number of unbranched alkanes of at least 4 members (excludes halogenated alkanes) is 2. The molecule has 0 unspecified atom stereocenters. The van der Waals surface area contributed by atoms with Gasteiger partial charge in [0, 0.05) is 11.3 Å². The van der Waals surface area contributed by atoms with E-state index in [0.717, 1.165) is 36.3 Å². The van der Waals surface area contributed by atoms with Crippen LogP contribution < -0.4 is 15.2 Å². The molecule has 5 heteroatoms. The number of nitrogens with two attached hydrogens (primary N) is 1. The summed E-state index contributed by atoms with van der Waals surface area (Å²) in [6, 6.07) is 14.9. The molecule has 0 atom stereocenters. The first-order chi connectivity index (χ1) is 12.1. The van der Waals surface area contributed by atoms with Gasteiger partial charge in [0.15, 0.2) is 0 Å². The summed E-state index contributed by atoms with van der Waals surface area (Å²) >= 11 is 0. The first-order valence-electron chi connectivity index (χ1n) is 8.42. The van der Waals surface area contributed by atoms with Gasteiger partial charge in [-0.25, -0.2) is 0 Å². The molecule has 0 aliphatic rings. The first kappa shape index (κ1) is 18.5. The Balaban J connectivity index is 1.57. The molecule has 2 aromatic rings. The van der Waals surface area contributed by atoms with Crippen molar-refractivity contribution in [1.82, 2.24) is 0 Å². The zero-order chi connectivity index (χ0) is 18.1. The van der Waals surface area contributed by atoms with Crippen molar-refractivity contribution in [3.8, 4) is 11.5 Å². The smallest absolute Gasteiger partial charge is 0.122 e. The number of benzene rings is 2. The molecule has 0 spiro atoms. The van der Waals surface area contributed by atoms with Crippen LogP contribution in [0.4, 0.5) is 0 Å². The number of rotatable bonds is 10. The zero-order valence-corrected chi connectivity index (χ0v) is 14.5. The van der Waals surface area contributed by atoms with Crippen molar-refractivity contribution in [2.75, 3.05) is 13.2 Å². The van der Waals surface area contributed by atoms with Crippen LogP contribution in [0.15, 0.2) is 48.5 Å². The lowest BCUT2D eigenvalue weighted by atomic mass is 10.1. The van der Waals surface area contributed by atoms with E-state index in [1.165, 1.54) is 0 Å². The van der Waals surface area contributed by atoms with Gasteiger partial charge in [0.05, 0.1) is 13.2 Å². The summed E-state index contributed by atoms with van der Waals surface area (Å²) in [6.45, 7) is 3.11. The van der Waals surface area contributed by atoms with Crippen LogP contribution in [0.1, 0.15) is 37.3 Å². The lowest BCUT2D eigenvalue weighted by Crippen LogP contribution is -2.10. The third kappa shape index (κ3) is 6.30. The fourth-order valence-electron chi connectivity index (χ4n) is 2.29. The Bertz CT molecular complexity index is 632. The van der Waals surface area contributed by atoms with E-state index in [-0.39, 0.29) is 5.84 Å². The number of nitrogen functional groups attached to an aromatic ring is 1. The Morgan fingerprint density at radius 1 is 0.760 bits per heavy atom. The maximum atomic E-state index is 7.56. The van der Waals surface area contributed by atoms with E-state index in [1.807, 2.05) is 36.4 Å². The van der Waals surface area contributed by atoms with Crippen LogP contribution in [0.2, 0.25) is 0 Å². The number of hydrogen-bond acceptors (Lipinski definition) is 4. The third-order valence-corrected chi connectivity index (χ3v) is 3.78. The van der Waals surface area contributed by atoms with Gasteiger partial charge in [-0.1, -0.05) is 0 Å². The van der Waals surface area contributed by atoms with E-state index < -0.39 is 0 Å². The number of amidine groups is 1. The van der Waals surface area contributed by atoms with Gasteiger partial charge < -0.3 is 20.6 Å². The van der Waals surface area contributed by atoms with Crippen molar-refractivity contribution >= 4 is 11.5 Å². The topological polar surface area (TPSA) is 92.2 Å². The van der Waals surface area contributed by atoms with Crippen LogP contribution in [0, 0.1) is 10.8 Å². The van der Waals surface area contributed by atoms with E-state index in [2.05, 4.69) is 0 Å². The Kier molecular flexibility index (Phi) is 7.01. The molecule has 0 saturated carbocycles. The van der Waals surface area contributed by atoms with Crippen LogP contribution in [-0.2, 0) is 0 Å². The quantitative estimate of drug-likeness (QED) is 0.347. The second-order valence-electron chi connectivity index (χ2n) is 5.85. The molecule has 0 radical (unpaired) electrons. The minimum Gasteiger partial charge on any atom is -0.494 e. The van der Waals surface area contributed by atoms with E-state index in [4.69, 9.17) is 26.0 Å². The molecule has 4 N–H and O–H groups in total. The molecule has 132 valence electrons. The van der Waals surface area contributed by atoms with Crippen molar-refractivity contribution in [2.24, 2.45) is 5.73 Å². The molecule has 0 heterocycles. The molecule has 25 heavy (non-hydrogen) atoms. The fourth-order valence-corrected chi connectivity index (χ4v) is 2.29. The highest BCUT2D eigenvalue weighted by Gasteiger charge is 1.99. The van der Waals surface area contributed by atoms with Gasteiger partial charge in [-0.2, -0.15) is 0 Å². The molecule has 0 saturated heterocycles. The van der Waals surface area contributed by atoms with Crippen molar-refractivity contribution in [3.63, 3.8) is 0 Å². The second kappa shape index (κ2) is 9.47. The van der Waals surface area contributed by atoms with Crippen LogP contribution >= 0.6 is 0 Å². The molecule has 0 aliphatic heterocycles. The summed E-state index contributed by atoms with van der Waals surface area (Å²) in [6.07, 6.45) is 2.96. The number of ether oxygens (including phenoxy) is 2. The summed E-state index contributed by atoms with van der Waals surface area (Å²) in [5.41, 5.74) is 7.59. The predicted octanol–water partition coefficient (Wildman–Crippen LogP) is 3.99. The van der Waals surface area contributed by atoms with Gasteiger partial charge in [-0.15, -0.1) is 0 Å². The van der Waals surface area contributed by atoms with Crippen molar-refractivity contribution in [2.45, 2.75) is 26.2 Å². The molecule has 0 fully saturated rings. The maximum absolute atomic E-state index is 7.56. The monoisotopic (exact) mass is 339 g/mol. The SMILES string of the molecule is CC(=N)c1ccc(OCCCCCOc2ccc(C(=N)N)cc2)cc1. The molecule has 0 aromatic heterocycles. The van der Waals surface area contributed by atoms with Gasteiger partial charge >= 0.3 is 0 Å². The molecule has 2 aromatic carbocycles. The van der Waals surface area contributed by atoms with Gasteiger partial charge in [-0.05, 0) is 80.3 Å². The van der Waals surface area contributed by atoms with Crippen LogP contribution in [0.25, 0.3) is 0 Å². The van der Waals surface area contributed by atoms with Crippen molar-refractivity contribution < 1.29 is 9.47 Å². The van der Waals surface area contributed by atoms with E-state index in [1.54, 1.807) is 19.1 Å². The van der Waals surface area contributed by atoms with Crippen LogP contribution in [0.3, 0.4) is 0 Å². The van der Waals surface area contributed by atoms with Crippen LogP contribution in [0.5, 0.6) is 11.5 Å². The molecular formula is C20H25N3O2. The Morgan fingerprint density at radius 2 is 1.20 bits per heavy atom. The third-order valence-electron chi connectivity index (χ3n) is 3.78. The maximum Gasteiger partial charge on any atom is 0.122 e. The van der Waals surface area contributed by atoms with Crippen molar-refractivity contribution in [1.29, 1.82) is 10.8 Å². The average Bonchev–Trinajstić information content (AvgIpc) is 2.61. The van der Waals surface area contributed by atoms with E-state index in [9.17, 15) is 0 Å². The van der Waals surface area contributed by atoms with Crippen LogP contribution in [-0.4, -0.2) is 24.8 Å². The van der Waals surface area contributed by atoms with Gasteiger partial charge in [-0.3, -0.25) is 5.41 Å². The molecule has 0 bridgehead atoms. The van der Waals surface area contributed by atoms with E-state index >= 15 is 0 Å². The average molecular weight is 339 g/mol. The number of nitrogens with one attached hydrogen (secondary N) is 2. The Hall–Kier alpha value is -2.82. The summed E-state index contributed by atoms with van der Waals surface area (Å²) in [4.78, 5) is 0. The van der Waals surface area contributed by atoms with Gasteiger partial charge in [0.2, 0.25) is 0 Å². The summed E-state index contributed by atoms with van der Waals surface area (Å²) in [5.74, 6) is 1.70. The lowest BCUT2D eigenvalue weighted by molar-refractivity contribution is 0.279. The highest BCUT2D eigenvalue weighted by molar-refractivity contribution is 5.96. The molecule has 2 rings (SSSR count). The zero-order valence-electron chi connectivity index (χ0n) is 14.5. The highest BCUT2D eigenvalue weighted by Crippen LogP contribution is 2.14. The first-order valence-corrected chi connectivity index (χ1v) is 8.42. The Morgan fingerprint density at radius 3 is 1.60 bits per heavy atom. The summed E-state index contributed by atoms with van der Waals surface area (Å²) in [7, 11) is 0. The number of hydrogen-bond donors (Lipinski definition) is 3. The Labute approximate surface area is 148 Å². The minimum absolute atomic E-state index is 0.0640. The predicted molar refractivity (Wildman–Crippen MR) is 101 cm³/mol.